The summed E-state index contributed by atoms with van der Waals surface area (Å²) in [5, 5.41) is 9.13. The van der Waals surface area contributed by atoms with Gasteiger partial charge in [0.2, 0.25) is 0 Å². The van der Waals surface area contributed by atoms with E-state index < -0.39 is 30.1 Å². The minimum atomic E-state index is -1.25. The third-order valence-corrected chi connectivity index (χ3v) is 2.85. The smallest absolute Gasteiger partial charge is 0.335 e. The molecule has 1 aliphatic heterocycles. The van der Waals surface area contributed by atoms with E-state index >= 15 is 0 Å². The van der Waals surface area contributed by atoms with E-state index in [1.807, 2.05) is 13.8 Å². The van der Waals surface area contributed by atoms with Crippen LogP contribution in [0.4, 0.5) is 0 Å². The summed E-state index contributed by atoms with van der Waals surface area (Å²) in [5.74, 6) is -2.32. The molecule has 6 heteroatoms. The maximum absolute atomic E-state index is 12.2. The van der Waals surface area contributed by atoms with Crippen molar-refractivity contribution in [3.63, 3.8) is 0 Å². The Kier molecular flexibility index (Phi) is 5.44. The van der Waals surface area contributed by atoms with E-state index in [9.17, 15) is 9.59 Å². The Morgan fingerprint density at radius 1 is 1.30 bits per heavy atom. The Morgan fingerprint density at radius 2 is 1.90 bits per heavy atom. The molecule has 0 radical (unpaired) electrons. The van der Waals surface area contributed by atoms with Gasteiger partial charge in [-0.2, -0.15) is 0 Å². The lowest BCUT2D eigenvalue weighted by molar-refractivity contribution is -0.172. The lowest BCUT2D eigenvalue weighted by atomic mass is 10.0. The van der Waals surface area contributed by atoms with E-state index in [4.69, 9.17) is 19.3 Å². The molecule has 0 aromatic heterocycles. The molecule has 114 valence electrons. The number of allylic oxidation sites excluding steroid dienone is 1. The third-order valence-electron chi connectivity index (χ3n) is 2.85. The van der Waals surface area contributed by atoms with Crippen LogP contribution < -0.4 is 0 Å². The van der Waals surface area contributed by atoms with Gasteiger partial charge in [0.05, 0.1) is 0 Å². The molecule has 1 saturated heterocycles. The molecule has 0 unspecified atom stereocenters. The van der Waals surface area contributed by atoms with Gasteiger partial charge < -0.3 is 19.3 Å². The van der Waals surface area contributed by atoms with Crippen molar-refractivity contribution in [3.8, 4) is 0 Å². The van der Waals surface area contributed by atoms with Crippen LogP contribution in [0.25, 0.3) is 0 Å². The van der Waals surface area contributed by atoms with Crippen molar-refractivity contribution >= 4 is 11.8 Å². The van der Waals surface area contributed by atoms with Gasteiger partial charge >= 0.3 is 5.97 Å². The van der Waals surface area contributed by atoms with Gasteiger partial charge in [0.1, 0.15) is 6.10 Å². The van der Waals surface area contributed by atoms with Crippen LogP contribution in [0.5, 0.6) is 0 Å². The number of ether oxygens (including phenoxy) is 3. The van der Waals surface area contributed by atoms with Gasteiger partial charge in [0.15, 0.2) is 23.8 Å². The number of carboxylic acids is 1. The van der Waals surface area contributed by atoms with Gasteiger partial charge in [-0.15, -0.1) is 0 Å². The van der Waals surface area contributed by atoms with Crippen LogP contribution in [0.2, 0.25) is 0 Å². The van der Waals surface area contributed by atoms with Crippen LogP contribution >= 0.6 is 0 Å². The lowest BCUT2D eigenvalue weighted by Gasteiger charge is -2.21. The normalized spacial score (nSPS) is 27.1. The molecule has 1 aliphatic rings. The quantitative estimate of drug-likeness (QED) is 0.743. The molecule has 0 aliphatic carbocycles. The minimum Gasteiger partial charge on any atom is -0.479 e. The lowest BCUT2D eigenvalue weighted by Crippen LogP contribution is -2.44. The predicted octanol–water partition coefficient (Wildman–Crippen LogP) is 1.39. The molecule has 1 N–H and O–H groups in total. The Labute approximate surface area is 118 Å². The first kappa shape index (κ1) is 16.8. The van der Waals surface area contributed by atoms with Crippen LogP contribution in [0.3, 0.4) is 0 Å². The maximum atomic E-state index is 12.2. The van der Waals surface area contributed by atoms with Gasteiger partial charge in [0.25, 0.3) is 0 Å². The van der Waals surface area contributed by atoms with Crippen molar-refractivity contribution in [2.45, 2.75) is 51.8 Å². The first-order valence-corrected chi connectivity index (χ1v) is 6.51. The molecule has 20 heavy (non-hydrogen) atoms. The first-order chi connectivity index (χ1) is 9.18. The summed E-state index contributed by atoms with van der Waals surface area (Å²) in [4.78, 5) is 23.3. The molecular formula is C14H22O6. The standard InChI is InChI=1S/C14H22O6/c1-8(2)6-7-9(15)10-11(12(18-5)13(16)17)20-14(3,4)19-10/h6-8,10-12H,1-5H3,(H,16,17)/b7-6+/t10-,11+,12+/m0/s1. The van der Waals surface area contributed by atoms with Gasteiger partial charge in [0, 0.05) is 7.11 Å². The highest BCUT2D eigenvalue weighted by atomic mass is 16.8. The fourth-order valence-corrected chi connectivity index (χ4v) is 1.99. The van der Waals surface area contributed by atoms with Crippen molar-refractivity contribution in [3.05, 3.63) is 12.2 Å². The highest BCUT2D eigenvalue weighted by Gasteiger charge is 2.50. The van der Waals surface area contributed by atoms with Gasteiger partial charge in [-0.05, 0) is 25.8 Å². The number of aliphatic carboxylic acids is 1. The second-order valence-electron chi connectivity index (χ2n) is 5.52. The summed E-state index contributed by atoms with van der Waals surface area (Å²) < 4.78 is 16.0. The van der Waals surface area contributed by atoms with Crippen molar-refractivity contribution in [1.82, 2.24) is 0 Å². The van der Waals surface area contributed by atoms with E-state index in [0.29, 0.717) is 0 Å². The number of methoxy groups -OCH3 is 1. The van der Waals surface area contributed by atoms with Crippen LogP contribution in [0, 0.1) is 5.92 Å². The van der Waals surface area contributed by atoms with E-state index in [1.165, 1.54) is 13.2 Å². The van der Waals surface area contributed by atoms with E-state index in [1.54, 1.807) is 19.9 Å². The fourth-order valence-electron chi connectivity index (χ4n) is 1.99. The third kappa shape index (κ3) is 4.13. The summed E-state index contributed by atoms with van der Waals surface area (Å²) in [6, 6.07) is 0. The largest absolute Gasteiger partial charge is 0.479 e. The maximum Gasteiger partial charge on any atom is 0.335 e. The van der Waals surface area contributed by atoms with E-state index in [-0.39, 0.29) is 11.7 Å². The summed E-state index contributed by atoms with van der Waals surface area (Å²) in [6.07, 6.45) is -0.0748. The molecule has 0 bridgehead atoms. The van der Waals surface area contributed by atoms with Crippen molar-refractivity contribution in [2.24, 2.45) is 5.92 Å². The zero-order valence-corrected chi connectivity index (χ0v) is 12.5. The fraction of sp³-hybridized carbons (Fsp3) is 0.714. The zero-order chi connectivity index (χ0) is 15.5. The van der Waals surface area contributed by atoms with Gasteiger partial charge in [-0.3, -0.25) is 4.79 Å². The Hall–Kier alpha value is -1.24. The molecule has 1 heterocycles. The molecule has 1 rings (SSSR count). The number of carbonyl (C=O) groups is 2. The van der Waals surface area contributed by atoms with Crippen molar-refractivity contribution in [2.75, 3.05) is 7.11 Å². The molecule has 0 aromatic rings. The van der Waals surface area contributed by atoms with Crippen LogP contribution in [-0.4, -0.2) is 48.1 Å². The molecule has 0 saturated carbocycles. The number of carbonyl (C=O) groups excluding carboxylic acids is 1. The average molecular weight is 286 g/mol. The van der Waals surface area contributed by atoms with Gasteiger partial charge in [-0.25, -0.2) is 4.79 Å². The summed E-state index contributed by atoms with van der Waals surface area (Å²) in [6.45, 7) is 7.14. The topological polar surface area (TPSA) is 82.1 Å². The first-order valence-electron chi connectivity index (χ1n) is 6.51. The minimum absolute atomic E-state index is 0.213. The Bertz CT molecular complexity index is 398. The van der Waals surface area contributed by atoms with Crippen molar-refractivity contribution in [1.29, 1.82) is 0 Å². The second kappa shape index (κ2) is 6.47. The number of hydrogen-bond donors (Lipinski definition) is 1. The monoisotopic (exact) mass is 286 g/mol. The van der Waals surface area contributed by atoms with Crippen LogP contribution in [0.15, 0.2) is 12.2 Å². The molecule has 0 amide bonds. The average Bonchev–Trinajstić information content (AvgIpc) is 2.62. The second-order valence-corrected chi connectivity index (χ2v) is 5.52. The van der Waals surface area contributed by atoms with Gasteiger partial charge in [-0.1, -0.05) is 19.9 Å². The number of carboxylic acid groups (broad SMARTS) is 1. The summed E-state index contributed by atoms with van der Waals surface area (Å²) in [7, 11) is 1.26. The van der Waals surface area contributed by atoms with E-state index in [2.05, 4.69) is 0 Å². The molecular weight excluding hydrogens is 264 g/mol. The summed E-state index contributed by atoms with van der Waals surface area (Å²) >= 11 is 0. The predicted molar refractivity (Wildman–Crippen MR) is 71.2 cm³/mol. The summed E-state index contributed by atoms with van der Waals surface area (Å²) in [5.41, 5.74) is 0. The zero-order valence-electron chi connectivity index (χ0n) is 12.5. The van der Waals surface area contributed by atoms with E-state index in [0.717, 1.165) is 0 Å². The number of ketones is 1. The number of hydrogen-bond acceptors (Lipinski definition) is 5. The highest BCUT2D eigenvalue weighted by molar-refractivity contribution is 5.95. The Balaban J connectivity index is 2.95. The van der Waals surface area contributed by atoms with Crippen LogP contribution in [0.1, 0.15) is 27.7 Å². The molecule has 6 nitrogen and oxygen atoms in total. The highest BCUT2D eigenvalue weighted by Crippen LogP contribution is 2.31. The molecule has 0 spiro atoms. The molecule has 1 fully saturated rings. The molecule has 3 atom stereocenters. The number of rotatable bonds is 6. The molecule has 0 aromatic carbocycles. The Morgan fingerprint density at radius 3 is 2.35 bits per heavy atom. The SMILES string of the molecule is CO[C@@H](C(=O)O)[C@@H]1OC(C)(C)O[C@H]1C(=O)/C=C/C(C)C. The van der Waals surface area contributed by atoms with Crippen LogP contribution in [-0.2, 0) is 23.8 Å². The van der Waals surface area contributed by atoms with Crippen molar-refractivity contribution < 1.29 is 28.9 Å².